The van der Waals surface area contributed by atoms with Crippen molar-refractivity contribution in [2.75, 3.05) is 13.1 Å². The minimum Gasteiger partial charge on any atom is -1.00 e. The maximum Gasteiger partial charge on any atom is 0.514 e. The smallest absolute Gasteiger partial charge is 0.514 e. The minimum absolute atomic E-state index is 0. The zero-order chi connectivity index (χ0) is 29.0. The van der Waals surface area contributed by atoms with E-state index >= 15 is 0 Å². The standard InChI is InChI=1S/C31H44BrN3O5.ClH/c1-2-3-4-5-6-12-21-34-30(37)28(35-29(36)15-8-7-11-20-33)22-24-16-18-26(19-17-24)40-31(38)39-23-25-13-9-10-14-27(25)32;/h9-10,13-14,16-19,28H,2-8,11-12,15,20-23,33H2,1H3,(H,34,37)(H,35,36);1H/t28-;/m0./s1. The number of rotatable bonds is 19. The molecule has 0 aliphatic rings. The fraction of sp³-hybridized carbons (Fsp3) is 0.516. The van der Waals surface area contributed by atoms with Crippen molar-refractivity contribution >= 4 is 33.9 Å². The van der Waals surface area contributed by atoms with Crippen LogP contribution in [0.5, 0.6) is 5.75 Å². The predicted octanol–water partition coefficient (Wildman–Crippen LogP) is 2.48. The highest BCUT2D eigenvalue weighted by atomic mass is 79.9. The first-order valence-corrected chi connectivity index (χ1v) is 15.3. The number of quaternary nitrogens is 1. The maximum absolute atomic E-state index is 13.0. The molecule has 0 radical (unpaired) electrons. The number of benzene rings is 2. The van der Waals surface area contributed by atoms with E-state index in [0.717, 1.165) is 54.2 Å². The van der Waals surface area contributed by atoms with Gasteiger partial charge in [-0.15, -0.1) is 0 Å². The molecule has 2 aromatic carbocycles. The third kappa shape index (κ3) is 15.8. The van der Waals surface area contributed by atoms with E-state index < -0.39 is 12.2 Å². The van der Waals surface area contributed by atoms with Gasteiger partial charge >= 0.3 is 6.16 Å². The van der Waals surface area contributed by atoms with Gasteiger partial charge in [0.05, 0.1) is 6.54 Å². The van der Waals surface area contributed by atoms with E-state index in [1.165, 1.54) is 25.7 Å². The number of hydrogen-bond donors (Lipinski definition) is 3. The SMILES string of the molecule is CCCCCCCCNC(=O)[C@H](Cc1ccc(OC(=O)OCc2ccccc2Br)cc1)NC(=O)CCCCC[NH3+].[Cl-]. The van der Waals surface area contributed by atoms with Crippen LogP contribution < -0.4 is 33.5 Å². The van der Waals surface area contributed by atoms with Crippen molar-refractivity contribution < 1.29 is 42.0 Å². The summed E-state index contributed by atoms with van der Waals surface area (Å²) in [6, 6.07) is 13.7. The van der Waals surface area contributed by atoms with E-state index in [-0.39, 0.29) is 30.8 Å². The molecule has 8 nitrogen and oxygen atoms in total. The zero-order valence-corrected chi connectivity index (χ0v) is 26.4. The first-order valence-electron chi connectivity index (χ1n) is 14.5. The average Bonchev–Trinajstić information content (AvgIpc) is 2.95. The topological polar surface area (TPSA) is 121 Å². The third-order valence-corrected chi connectivity index (χ3v) is 7.28. The van der Waals surface area contributed by atoms with Crippen LogP contribution in [0.2, 0.25) is 0 Å². The first kappa shape index (κ1) is 36.4. The summed E-state index contributed by atoms with van der Waals surface area (Å²) in [6.07, 6.45) is 9.46. The van der Waals surface area contributed by atoms with Crippen molar-refractivity contribution in [2.45, 2.75) is 90.2 Å². The Balaban J connectivity index is 0.00000840. The molecular formula is C31H45BrClN3O5. The van der Waals surface area contributed by atoms with E-state index in [1.807, 2.05) is 24.3 Å². The Morgan fingerprint density at radius 1 is 0.902 bits per heavy atom. The van der Waals surface area contributed by atoms with Gasteiger partial charge in [0.15, 0.2) is 0 Å². The van der Waals surface area contributed by atoms with Crippen molar-refractivity contribution in [3.05, 3.63) is 64.1 Å². The highest BCUT2D eigenvalue weighted by Crippen LogP contribution is 2.18. The Hall–Kier alpha value is -2.62. The molecule has 0 saturated carbocycles. The number of amides is 2. The van der Waals surface area contributed by atoms with Gasteiger partial charge < -0.3 is 38.2 Å². The van der Waals surface area contributed by atoms with Gasteiger partial charge in [-0.3, -0.25) is 9.59 Å². The van der Waals surface area contributed by atoms with Crippen LogP contribution in [0, 0.1) is 0 Å². The molecule has 2 aromatic rings. The van der Waals surface area contributed by atoms with E-state index in [1.54, 1.807) is 24.3 Å². The number of halogens is 2. The summed E-state index contributed by atoms with van der Waals surface area (Å²) in [4.78, 5) is 37.7. The largest absolute Gasteiger partial charge is 1.00 e. The van der Waals surface area contributed by atoms with Crippen LogP contribution in [-0.4, -0.2) is 37.1 Å². The van der Waals surface area contributed by atoms with Crippen molar-refractivity contribution in [3.8, 4) is 5.75 Å². The van der Waals surface area contributed by atoms with E-state index in [9.17, 15) is 14.4 Å². The molecule has 2 amide bonds. The van der Waals surface area contributed by atoms with Crippen molar-refractivity contribution in [3.63, 3.8) is 0 Å². The molecule has 0 heterocycles. The summed E-state index contributed by atoms with van der Waals surface area (Å²) in [7, 11) is 0. The molecule has 0 bridgehead atoms. The van der Waals surface area contributed by atoms with E-state index in [2.05, 4.69) is 39.2 Å². The van der Waals surface area contributed by atoms with Gasteiger partial charge in [0.1, 0.15) is 18.4 Å². The molecular weight excluding hydrogens is 610 g/mol. The lowest BCUT2D eigenvalue weighted by molar-refractivity contribution is -0.368. The molecule has 10 heteroatoms. The predicted molar refractivity (Wildman–Crippen MR) is 160 cm³/mol. The van der Waals surface area contributed by atoms with Gasteiger partial charge in [0.25, 0.3) is 0 Å². The Labute approximate surface area is 259 Å². The van der Waals surface area contributed by atoms with Crippen LogP contribution in [-0.2, 0) is 27.4 Å². The second-order valence-corrected chi connectivity index (χ2v) is 10.8. The van der Waals surface area contributed by atoms with Gasteiger partial charge in [-0.05, 0) is 49.4 Å². The summed E-state index contributed by atoms with van der Waals surface area (Å²) < 4.78 is 11.3. The molecule has 0 fully saturated rings. The third-order valence-electron chi connectivity index (χ3n) is 6.50. The van der Waals surface area contributed by atoms with Gasteiger partial charge in [-0.25, -0.2) is 4.79 Å². The first-order chi connectivity index (χ1) is 19.4. The zero-order valence-electron chi connectivity index (χ0n) is 24.1. The van der Waals surface area contributed by atoms with Crippen LogP contribution in [0.15, 0.2) is 53.0 Å². The number of nitrogens with one attached hydrogen (secondary N) is 2. The Kier molecular flexibility index (Phi) is 19.6. The molecule has 0 aliphatic heterocycles. The molecule has 0 aliphatic carbocycles. The molecule has 0 unspecified atom stereocenters. The van der Waals surface area contributed by atoms with Crippen LogP contribution in [0.1, 0.15) is 82.3 Å². The van der Waals surface area contributed by atoms with Crippen molar-refractivity contribution in [1.29, 1.82) is 0 Å². The second kappa shape index (κ2) is 22.0. The fourth-order valence-corrected chi connectivity index (χ4v) is 4.56. The monoisotopic (exact) mass is 653 g/mol. The Bertz CT molecular complexity index is 1040. The fourth-order valence-electron chi connectivity index (χ4n) is 4.16. The molecule has 5 N–H and O–H groups in total. The molecule has 1 atom stereocenters. The minimum atomic E-state index is -0.804. The van der Waals surface area contributed by atoms with Crippen LogP contribution in [0.3, 0.4) is 0 Å². The summed E-state index contributed by atoms with van der Waals surface area (Å²) in [5.41, 5.74) is 5.51. The Morgan fingerprint density at radius 2 is 1.59 bits per heavy atom. The van der Waals surface area contributed by atoms with Gasteiger partial charge in [0.2, 0.25) is 11.8 Å². The average molecular weight is 655 g/mol. The lowest BCUT2D eigenvalue weighted by atomic mass is 10.0. The highest BCUT2D eigenvalue weighted by molar-refractivity contribution is 9.10. The number of unbranched alkanes of at least 4 members (excludes halogenated alkanes) is 7. The lowest BCUT2D eigenvalue weighted by Crippen LogP contribution is -3.00. The van der Waals surface area contributed by atoms with Gasteiger partial charge in [-0.1, -0.05) is 85.3 Å². The number of carbonyl (C=O) groups is 3. The molecule has 41 heavy (non-hydrogen) atoms. The van der Waals surface area contributed by atoms with Crippen molar-refractivity contribution in [1.82, 2.24) is 10.6 Å². The lowest BCUT2D eigenvalue weighted by Gasteiger charge is -2.19. The quantitative estimate of drug-likeness (QED) is 0.122. The molecule has 0 spiro atoms. The summed E-state index contributed by atoms with van der Waals surface area (Å²) in [5, 5.41) is 5.91. The molecule has 228 valence electrons. The molecule has 0 aromatic heterocycles. The summed E-state index contributed by atoms with van der Waals surface area (Å²) in [6.45, 7) is 3.72. The van der Waals surface area contributed by atoms with Crippen LogP contribution >= 0.6 is 15.9 Å². The summed E-state index contributed by atoms with van der Waals surface area (Å²) in [5.74, 6) is 0.0200. The summed E-state index contributed by atoms with van der Waals surface area (Å²) >= 11 is 3.42. The number of carbonyl (C=O) groups excluding carboxylic acids is 3. The number of ether oxygens (including phenoxy) is 2. The molecule has 0 saturated heterocycles. The molecule has 2 rings (SSSR count). The highest BCUT2D eigenvalue weighted by Gasteiger charge is 2.21. The second-order valence-electron chi connectivity index (χ2n) is 9.92. The Morgan fingerprint density at radius 3 is 2.29 bits per heavy atom. The normalized spacial score (nSPS) is 11.2. The maximum atomic E-state index is 13.0. The van der Waals surface area contributed by atoms with Gasteiger partial charge in [-0.2, -0.15) is 0 Å². The van der Waals surface area contributed by atoms with E-state index in [4.69, 9.17) is 9.47 Å². The van der Waals surface area contributed by atoms with E-state index in [0.29, 0.717) is 25.1 Å². The van der Waals surface area contributed by atoms with Crippen LogP contribution in [0.25, 0.3) is 0 Å². The number of hydrogen-bond acceptors (Lipinski definition) is 5. The van der Waals surface area contributed by atoms with Gasteiger partial charge in [0, 0.05) is 29.4 Å². The van der Waals surface area contributed by atoms with Crippen molar-refractivity contribution in [2.24, 2.45) is 0 Å². The van der Waals surface area contributed by atoms with Crippen LogP contribution in [0.4, 0.5) is 4.79 Å².